The maximum atomic E-state index is 12.7. The van der Waals surface area contributed by atoms with E-state index >= 15 is 0 Å². The second-order valence-corrected chi connectivity index (χ2v) is 7.32. The monoisotopic (exact) mass is 440 g/mol. The van der Waals surface area contributed by atoms with E-state index in [2.05, 4.69) is 15.4 Å². The highest BCUT2D eigenvalue weighted by Crippen LogP contribution is 2.38. The van der Waals surface area contributed by atoms with Gasteiger partial charge >= 0.3 is 6.18 Å². The molecule has 0 bridgehead atoms. The molecule has 1 aliphatic rings. The molecule has 0 saturated heterocycles. The van der Waals surface area contributed by atoms with Crippen LogP contribution in [0.1, 0.15) is 29.2 Å². The third kappa shape index (κ3) is 3.70. The van der Waals surface area contributed by atoms with Crippen LogP contribution in [0.4, 0.5) is 18.9 Å². The molecule has 0 radical (unpaired) electrons. The van der Waals surface area contributed by atoms with E-state index < -0.39 is 17.3 Å². The third-order valence-corrected chi connectivity index (χ3v) is 5.47. The standard InChI is InChI=1S/C19H13Cl2F3N4O/c20-13-3-1-2-12-11(13)5-6-14(12)27-15-9-26-28(18(29)17(15)21)16-7-4-10(8-25-16)19(22,23)24/h1-4,7-9,14,27H,5-6H2/t14-/m0/s1. The summed E-state index contributed by atoms with van der Waals surface area (Å²) < 4.78 is 38.9. The van der Waals surface area contributed by atoms with Gasteiger partial charge < -0.3 is 5.32 Å². The molecule has 2 heterocycles. The summed E-state index contributed by atoms with van der Waals surface area (Å²) in [7, 11) is 0. The molecule has 1 aromatic carbocycles. The van der Waals surface area contributed by atoms with Crippen LogP contribution in [0.2, 0.25) is 10.0 Å². The van der Waals surface area contributed by atoms with Crippen LogP contribution in [0.3, 0.4) is 0 Å². The molecule has 1 N–H and O–H groups in total. The Kier molecular flexibility index (Phi) is 5.00. The smallest absolute Gasteiger partial charge is 0.376 e. The van der Waals surface area contributed by atoms with Crippen LogP contribution in [0.15, 0.2) is 47.5 Å². The van der Waals surface area contributed by atoms with Crippen molar-refractivity contribution in [1.29, 1.82) is 0 Å². The molecule has 1 atom stereocenters. The van der Waals surface area contributed by atoms with Gasteiger partial charge in [-0.15, -0.1) is 0 Å². The van der Waals surface area contributed by atoms with Gasteiger partial charge in [-0.25, -0.2) is 4.98 Å². The Labute approximate surface area is 173 Å². The molecule has 0 amide bonds. The summed E-state index contributed by atoms with van der Waals surface area (Å²) in [5.74, 6) is -0.0607. The number of rotatable bonds is 3. The average molecular weight is 441 g/mol. The topological polar surface area (TPSA) is 59.8 Å². The van der Waals surface area contributed by atoms with Crippen molar-refractivity contribution in [2.75, 3.05) is 5.32 Å². The number of anilines is 1. The van der Waals surface area contributed by atoms with Crippen molar-refractivity contribution in [3.63, 3.8) is 0 Å². The number of aromatic nitrogens is 3. The SMILES string of the molecule is O=c1c(Cl)c(N[C@H]2CCc3c(Cl)cccc32)cnn1-c1ccc(C(F)(F)F)cn1. The maximum absolute atomic E-state index is 12.7. The Hall–Kier alpha value is -2.58. The Morgan fingerprint density at radius 3 is 2.62 bits per heavy atom. The molecule has 29 heavy (non-hydrogen) atoms. The van der Waals surface area contributed by atoms with Gasteiger partial charge in [-0.3, -0.25) is 4.79 Å². The molecule has 0 saturated carbocycles. The largest absolute Gasteiger partial charge is 0.417 e. The molecule has 1 aliphatic carbocycles. The molecular formula is C19H13Cl2F3N4O. The van der Waals surface area contributed by atoms with Crippen molar-refractivity contribution >= 4 is 28.9 Å². The second-order valence-electron chi connectivity index (χ2n) is 6.54. The first-order chi connectivity index (χ1) is 13.8. The number of pyridine rings is 1. The number of halogens is 5. The summed E-state index contributed by atoms with van der Waals surface area (Å²) in [5.41, 5.74) is 0.809. The summed E-state index contributed by atoms with van der Waals surface area (Å²) in [4.78, 5) is 16.3. The summed E-state index contributed by atoms with van der Waals surface area (Å²) in [6.45, 7) is 0. The minimum absolute atomic E-state index is 0.0607. The van der Waals surface area contributed by atoms with Crippen molar-refractivity contribution in [2.45, 2.75) is 25.1 Å². The summed E-state index contributed by atoms with van der Waals surface area (Å²) in [6, 6.07) is 7.46. The van der Waals surface area contributed by atoms with E-state index in [0.29, 0.717) is 16.9 Å². The van der Waals surface area contributed by atoms with Gasteiger partial charge in [-0.05, 0) is 42.2 Å². The molecule has 0 aliphatic heterocycles. The van der Waals surface area contributed by atoms with Gasteiger partial charge in [0.15, 0.2) is 5.82 Å². The molecule has 2 aromatic heterocycles. The maximum Gasteiger partial charge on any atom is 0.417 e. The first kappa shape index (κ1) is 19.7. The van der Waals surface area contributed by atoms with Crippen molar-refractivity contribution in [3.8, 4) is 5.82 Å². The Morgan fingerprint density at radius 1 is 1.14 bits per heavy atom. The van der Waals surface area contributed by atoms with E-state index in [1.807, 2.05) is 18.2 Å². The fourth-order valence-electron chi connectivity index (χ4n) is 3.32. The lowest BCUT2D eigenvalue weighted by molar-refractivity contribution is -0.137. The molecule has 0 spiro atoms. The lowest BCUT2D eigenvalue weighted by atomic mass is 10.1. The van der Waals surface area contributed by atoms with Gasteiger partial charge in [0.1, 0.15) is 5.02 Å². The van der Waals surface area contributed by atoms with Gasteiger partial charge in [0, 0.05) is 11.2 Å². The van der Waals surface area contributed by atoms with Gasteiger partial charge in [0.2, 0.25) is 0 Å². The normalized spacial score (nSPS) is 16.0. The highest BCUT2D eigenvalue weighted by molar-refractivity contribution is 6.33. The highest BCUT2D eigenvalue weighted by Gasteiger charge is 2.31. The van der Waals surface area contributed by atoms with Crippen molar-refractivity contribution in [3.05, 3.63) is 79.8 Å². The van der Waals surface area contributed by atoms with E-state index in [1.165, 1.54) is 6.20 Å². The number of nitrogens with one attached hydrogen (secondary N) is 1. The average Bonchev–Trinajstić information content (AvgIpc) is 3.09. The van der Waals surface area contributed by atoms with E-state index in [-0.39, 0.29) is 16.9 Å². The number of hydrogen-bond acceptors (Lipinski definition) is 4. The molecule has 150 valence electrons. The number of hydrogen-bond donors (Lipinski definition) is 1. The third-order valence-electron chi connectivity index (χ3n) is 4.75. The number of fused-ring (bicyclic) bond motifs is 1. The summed E-state index contributed by atoms with van der Waals surface area (Å²) in [6.07, 6.45) is -0.951. The summed E-state index contributed by atoms with van der Waals surface area (Å²) in [5, 5.41) is 7.78. The minimum Gasteiger partial charge on any atom is -0.376 e. The predicted molar refractivity (Wildman–Crippen MR) is 104 cm³/mol. The molecule has 3 aromatic rings. The van der Waals surface area contributed by atoms with Crippen LogP contribution in [0.25, 0.3) is 5.82 Å². The van der Waals surface area contributed by atoms with Gasteiger partial charge in [-0.2, -0.15) is 23.0 Å². The fourth-order valence-corrected chi connectivity index (χ4v) is 3.78. The van der Waals surface area contributed by atoms with Crippen molar-refractivity contribution in [1.82, 2.24) is 14.8 Å². The Bertz CT molecular complexity index is 1130. The molecule has 0 fully saturated rings. The van der Waals surface area contributed by atoms with Crippen LogP contribution in [0, 0.1) is 0 Å². The number of nitrogens with zero attached hydrogens (tertiary/aromatic N) is 3. The summed E-state index contributed by atoms with van der Waals surface area (Å²) >= 11 is 12.4. The molecule has 10 heteroatoms. The van der Waals surface area contributed by atoms with Gasteiger partial charge in [-0.1, -0.05) is 35.3 Å². The molecular weight excluding hydrogens is 428 g/mol. The molecule has 5 nitrogen and oxygen atoms in total. The Morgan fingerprint density at radius 2 is 1.93 bits per heavy atom. The van der Waals surface area contributed by atoms with E-state index in [9.17, 15) is 18.0 Å². The van der Waals surface area contributed by atoms with Crippen molar-refractivity contribution in [2.24, 2.45) is 0 Å². The fraction of sp³-hybridized carbons (Fsp3) is 0.211. The van der Waals surface area contributed by atoms with E-state index in [0.717, 1.165) is 40.8 Å². The second kappa shape index (κ2) is 7.35. The number of benzene rings is 1. The predicted octanol–water partition coefficient (Wildman–Crippen LogP) is 5.05. The first-order valence-electron chi connectivity index (χ1n) is 8.61. The lowest BCUT2D eigenvalue weighted by Gasteiger charge is -2.17. The van der Waals surface area contributed by atoms with Crippen molar-refractivity contribution < 1.29 is 13.2 Å². The zero-order chi connectivity index (χ0) is 20.8. The minimum atomic E-state index is -4.52. The van der Waals surface area contributed by atoms with Crippen LogP contribution in [0.5, 0.6) is 0 Å². The quantitative estimate of drug-likeness (QED) is 0.618. The lowest BCUT2D eigenvalue weighted by Crippen LogP contribution is -2.24. The highest BCUT2D eigenvalue weighted by atomic mass is 35.5. The number of alkyl halides is 3. The van der Waals surface area contributed by atoms with Crippen LogP contribution in [-0.2, 0) is 12.6 Å². The first-order valence-corrected chi connectivity index (χ1v) is 9.36. The molecule has 0 unspecified atom stereocenters. The van der Waals surface area contributed by atoms with E-state index in [4.69, 9.17) is 23.2 Å². The van der Waals surface area contributed by atoms with E-state index in [1.54, 1.807) is 0 Å². The van der Waals surface area contributed by atoms with Gasteiger partial charge in [0.25, 0.3) is 5.56 Å². The zero-order valence-electron chi connectivity index (χ0n) is 14.7. The van der Waals surface area contributed by atoms with Gasteiger partial charge in [0.05, 0.1) is 23.5 Å². The molecule has 4 rings (SSSR count). The van der Waals surface area contributed by atoms with Crippen LogP contribution >= 0.6 is 23.2 Å². The van der Waals surface area contributed by atoms with Crippen LogP contribution < -0.4 is 10.9 Å². The zero-order valence-corrected chi connectivity index (χ0v) is 16.2. The van der Waals surface area contributed by atoms with Crippen LogP contribution in [-0.4, -0.2) is 14.8 Å². The Balaban J connectivity index is 1.62.